The third-order valence-corrected chi connectivity index (χ3v) is 3.10. The van der Waals surface area contributed by atoms with Crippen LogP contribution in [0.4, 0.5) is 0 Å². The van der Waals surface area contributed by atoms with E-state index in [1.54, 1.807) is 0 Å². The maximum Gasteiger partial charge on any atom is 0.176 e. The van der Waals surface area contributed by atoms with Crippen molar-refractivity contribution in [1.82, 2.24) is 5.32 Å². The predicted octanol–water partition coefficient (Wildman–Crippen LogP) is 1.72. The van der Waals surface area contributed by atoms with Gasteiger partial charge in [0.15, 0.2) is 11.5 Å². The number of phenols is 2. The molecular formula is C11H14ClNO3. The number of aryl methyl sites for hydroxylation is 1. The van der Waals surface area contributed by atoms with Crippen molar-refractivity contribution in [3.8, 4) is 11.5 Å². The van der Waals surface area contributed by atoms with Gasteiger partial charge in [0.05, 0.1) is 17.7 Å². The maximum absolute atomic E-state index is 9.58. The zero-order chi connectivity index (χ0) is 11.7. The van der Waals surface area contributed by atoms with Crippen molar-refractivity contribution in [2.45, 2.75) is 13.0 Å². The van der Waals surface area contributed by atoms with Crippen LogP contribution in [0.15, 0.2) is 6.07 Å². The summed E-state index contributed by atoms with van der Waals surface area (Å²) in [5, 5.41) is 22.4. The molecule has 2 rings (SSSR count). The fourth-order valence-electron chi connectivity index (χ4n) is 1.91. The van der Waals surface area contributed by atoms with E-state index in [1.165, 1.54) is 6.07 Å². The summed E-state index contributed by atoms with van der Waals surface area (Å²) < 4.78 is 5.58. The summed E-state index contributed by atoms with van der Waals surface area (Å²) in [6, 6.07) is 1.49. The molecule has 1 aromatic carbocycles. The molecule has 0 amide bonds. The van der Waals surface area contributed by atoms with Crippen LogP contribution in [0, 0.1) is 6.92 Å². The molecule has 0 spiro atoms. The Hall–Kier alpha value is -0.970. The normalized spacial score (nSPS) is 21.0. The molecule has 0 saturated carbocycles. The average Bonchev–Trinajstić information content (AvgIpc) is 2.28. The van der Waals surface area contributed by atoms with E-state index >= 15 is 0 Å². The summed E-state index contributed by atoms with van der Waals surface area (Å²) in [7, 11) is 0. The average molecular weight is 244 g/mol. The molecule has 1 atom stereocenters. The van der Waals surface area contributed by atoms with E-state index in [4.69, 9.17) is 16.3 Å². The SMILES string of the molecule is Cc1cc(O)c(O)c(Cl)c1C1CNCCO1. The third kappa shape index (κ3) is 1.96. The van der Waals surface area contributed by atoms with E-state index in [-0.39, 0.29) is 22.6 Å². The molecule has 1 saturated heterocycles. The highest BCUT2D eigenvalue weighted by molar-refractivity contribution is 6.33. The quantitative estimate of drug-likeness (QED) is 0.658. The lowest BCUT2D eigenvalue weighted by Gasteiger charge is -2.26. The molecular weight excluding hydrogens is 230 g/mol. The lowest BCUT2D eigenvalue weighted by molar-refractivity contribution is 0.0272. The second-order valence-electron chi connectivity index (χ2n) is 3.85. The Morgan fingerprint density at radius 2 is 2.25 bits per heavy atom. The van der Waals surface area contributed by atoms with Gasteiger partial charge >= 0.3 is 0 Å². The van der Waals surface area contributed by atoms with E-state index in [9.17, 15) is 10.2 Å². The van der Waals surface area contributed by atoms with E-state index in [1.807, 2.05) is 6.92 Å². The van der Waals surface area contributed by atoms with Gasteiger partial charge < -0.3 is 20.3 Å². The molecule has 0 aromatic heterocycles. The van der Waals surface area contributed by atoms with E-state index < -0.39 is 0 Å². The number of rotatable bonds is 1. The molecule has 0 bridgehead atoms. The number of ether oxygens (including phenoxy) is 1. The van der Waals surface area contributed by atoms with Gasteiger partial charge in [0, 0.05) is 18.7 Å². The van der Waals surface area contributed by atoms with Crippen LogP contribution in [-0.4, -0.2) is 29.9 Å². The number of aromatic hydroxyl groups is 2. The molecule has 1 aliphatic rings. The smallest absolute Gasteiger partial charge is 0.176 e. The fraction of sp³-hybridized carbons (Fsp3) is 0.455. The molecule has 3 N–H and O–H groups in total. The molecule has 4 nitrogen and oxygen atoms in total. The van der Waals surface area contributed by atoms with Crippen molar-refractivity contribution in [2.75, 3.05) is 19.7 Å². The van der Waals surface area contributed by atoms with Crippen LogP contribution in [0.2, 0.25) is 5.02 Å². The van der Waals surface area contributed by atoms with Gasteiger partial charge in [-0.25, -0.2) is 0 Å². The van der Waals surface area contributed by atoms with Gasteiger partial charge in [-0.15, -0.1) is 0 Å². The highest BCUT2D eigenvalue weighted by Gasteiger charge is 2.23. The number of hydrogen-bond donors (Lipinski definition) is 3. The number of hydrogen-bond acceptors (Lipinski definition) is 4. The maximum atomic E-state index is 9.58. The first-order valence-corrected chi connectivity index (χ1v) is 5.52. The number of nitrogens with one attached hydrogen (secondary N) is 1. The van der Waals surface area contributed by atoms with Crippen LogP contribution < -0.4 is 5.32 Å². The fourth-order valence-corrected chi connectivity index (χ4v) is 2.28. The lowest BCUT2D eigenvalue weighted by Crippen LogP contribution is -2.33. The van der Waals surface area contributed by atoms with Crippen molar-refractivity contribution >= 4 is 11.6 Å². The summed E-state index contributed by atoms with van der Waals surface area (Å²) in [6.45, 7) is 3.92. The van der Waals surface area contributed by atoms with Crippen molar-refractivity contribution in [3.05, 3.63) is 22.2 Å². The van der Waals surface area contributed by atoms with Crippen molar-refractivity contribution in [2.24, 2.45) is 0 Å². The molecule has 1 aliphatic heterocycles. The number of halogens is 1. The van der Waals surface area contributed by atoms with Crippen molar-refractivity contribution in [3.63, 3.8) is 0 Å². The summed E-state index contributed by atoms with van der Waals surface area (Å²) in [6.07, 6.45) is -0.173. The second-order valence-corrected chi connectivity index (χ2v) is 4.23. The summed E-state index contributed by atoms with van der Waals surface area (Å²) >= 11 is 6.02. The Balaban J connectivity index is 2.42. The lowest BCUT2D eigenvalue weighted by atomic mass is 10.0. The van der Waals surface area contributed by atoms with Crippen LogP contribution >= 0.6 is 11.6 Å². The summed E-state index contributed by atoms with van der Waals surface area (Å²) in [5.41, 5.74) is 1.55. The van der Waals surface area contributed by atoms with Gasteiger partial charge in [-0.3, -0.25) is 0 Å². The number of phenolic OH excluding ortho intramolecular Hbond substituents is 2. The Morgan fingerprint density at radius 1 is 1.50 bits per heavy atom. The minimum Gasteiger partial charge on any atom is -0.504 e. The van der Waals surface area contributed by atoms with Gasteiger partial charge in [-0.05, 0) is 18.6 Å². The first-order valence-electron chi connectivity index (χ1n) is 5.14. The van der Waals surface area contributed by atoms with Gasteiger partial charge in [0.2, 0.25) is 0 Å². The zero-order valence-corrected chi connectivity index (χ0v) is 9.71. The van der Waals surface area contributed by atoms with E-state index in [2.05, 4.69) is 5.32 Å². The van der Waals surface area contributed by atoms with E-state index in [0.717, 1.165) is 17.7 Å². The Kier molecular flexibility index (Phi) is 3.23. The van der Waals surface area contributed by atoms with Crippen LogP contribution in [0.5, 0.6) is 11.5 Å². The Morgan fingerprint density at radius 3 is 2.88 bits per heavy atom. The molecule has 1 fully saturated rings. The van der Waals surface area contributed by atoms with Crippen molar-refractivity contribution < 1.29 is 14.9 Å². The first kappa shape index (κ1) is 11.5. The predicted molar refractivity (Wildman–Crippen MR) is 61.1 cm³/mol. The third-order valence-electron chi connectivity index (χ3n) is 2.71. The van der Waals surface area contributed by atoms with Crippen LogP contribution in [-0.2, 0) is 4.74 Å². The molecule has 5 heteroatoms. The molecule has 1 unspecified atom stereocenters. The molecule has 16 heavy (non-hydrogen) atoms. The second kappa shape index (κ2) is 4.49. The molecule has 0 radical (unpaired) electrons. The molecule has 1 aromatic rings. The Labute approximate surface area is 98.8 Å². The van der Waals surface area contributed by atoms with Gasteiger partial charge in [0.25, 0.3) is 0 Å². The summed E-state index contributed by atoms with van der Waals surface area (Å²) in [5.74, 6) is -0.480. The highest BCUT2D eigenvalue weighted by atomic mass is 35.5. The van der Waals surface area contributed by atoms with Crippen LogP contribution in [0.25, 0.3) is 0 Å². The Bertz CT molecular complexity index is 403. The van der Waals surface area contributed by atoms with E-state index in [0.29, 0.717) is 13.2 Å². The number of benzene rings is 1. The monoisotopic (exact) mass is 243 g/mol. The topological polar surface area (TPSA) is 61.7 Å². The number of morpholine rings is 1. The van der Waals surface area contributed by atoms with Crippen LogP contribution in [0.3, 0.4) is 0 Å². The molecule has 0 aliphatic carbocycles. The standard InChI is InChI=1S/C11H14ClNO3/c1-6-4-7(14)11(15)10(12)9(6)8-5-13-2-3-16-8/h4,8,13-15H,2-3,5H2,1H3. The van der Waals surface area contributed by atoms with Crippen molar-refractivity contribution in [1.29, 1.82) is 0 Å². The van der Waals surface area contributed by atoms with Gasteiger partial charge in [-0.2, -0.15) is 0 Å². The van der Waals surface area contributed by atoms with Gasteiger partial charge in [0.1, 0.15) is 0 Å². The minimum absolute atomic E-state index is 0.172. The zero-order valence-electron chi connectivity index (χ0n) is 8.96. The highest BCUT2D eigenvalue weighted by Crippen LogP contribution is 2.41. The van der Waals surface area contributed by atoms with Gasteiger partial charge in [-0.1, -0.05) is 11.6 Å². The summed E-state index contributed by atoms with van der Waals surface area (Å²) in [4.78, 5) is 0. The minimum atomic E-state index is -0.281. The molecule has 88 valence electrons. The largest absolute Gasteiger partial charge is 0.504 e. The van der Waals surface area contributed by atoms with Crippen LogP contribution in [0.1, 0.15) is 17.2 Å². The first-order chi connectivity index (χ1) is 7.61. The molecule has 1 heterocycles.